The van der Waals surface area contributed by atoms with Crippen LogP contribution >= 0.6 is 0 Å². The molecule has 1 atom stereocenters. The van der Waals surface area contributed by atoms with E-state index in [1.807, 2.05) is 12.1 Å². The maximum atomic E-state index is 12.3. The van der Waals surface area contributed by atoms with Crippen LogP contribution in [0.4, 0.5) is 0 Å². The number of carbonyl (C=O) groups is 2. The maximum Gasteiger partial charge on any atom is 0.339 e. The Balaban J connectivity index is 1.70. The fourth-order valence-corrected chi connectivity index (χ4v) is 3.35. The van der Waals surface area contributed by atoms with E-state index in [0.717, 1.165) is 19.3 Å². The molecule has 2 aromatic rings. The van der Waals surface area contributed by atoms with Crippen molar-refractivity contribution in [2.24, 2.45) is 0 Å². The summed E-state index contributed by atoms with van der Waals surface area (Å²) in [6, 6.07) is 9.64. The summed E-state index contributed by atoms with van der Waals surface area (Å²) in [5, 5.41) is 12.0. The van der Waals surface area contributed by atoms with Crippen LogP contribution in [0.15, 0.2) is 34.7 Å². The Morgan fingerprint density at radius 3 is 2.83 bits per heavy atom. The predicted molar refractivity (Wildman–Crippen MR) is 89.5 cm³/mol. The van der Waals surface area contributed by atoms with Gasteiger partial charge in [-0.2, -0.15) is 0 Å². The van der Waals surface area contributed by atoms with Crippen molar-refractivity contribution in [3.05, 3.63) is 58.5 Å². The van der Waals surface area contributed by atoms with E-state index >= 15 is 0 Å². The standard InChI is InChI=1S/C19H21NO4/c1-2-16-15(19(22)23)10-17(24-16)18(21)20-11-13-8-5-7-12-6-3-4-9-14(12)13/h3-4,6,9-10,13H,2,5,7-8,11H2,1H3,(H,20,21)(H,22,23). The lowest BCUT2D eigenvalue weighted by Gasteiger charge is -2.25. The normalized spacial score (nSPS) is 16.5. The summed E-state index contributed by atoms with van der Waals surface area (Å²) in [4.78, 5) is 23.5. The lowest BCUT2D eigenvalue weighted by Crippen LogP contribution is -2.29. The summed E-state index contributed by atoms with van der Waals surface area (Å²) in [6.45, 7) is 2.33. The second kappa shape index (κ2) is 6.91. The van der Waals surface area contributed by atoms with Crippen LogP contribution in [0, 0.1) is 0 Å². The third-order valence-corrected chi connectivity index (χ3v) is 4.59. The molecule has 0 aliphatic heterocycles. The Labute approximate surface area is 140 Å². The molecule has 5 nitrogen and oxygen atoms in total. The molecule has 0 radical (unpaired) electrons. The number of carbonyl (C=O) groups excluding carboxylic acids is 1. The first-order chi connectivity index (χ1) is 11.6. The van der Waals surface area contributed by atoms with E-state index in [1.54, 1.807) is 6.92 Å². The first-order valence-corrected chi connectivity index (χ1v) is 8.32. The van der Waals surface area contributed by atoms with Crippen LogP contribution in [0.1, 0.15) is 63.5 Å². The van der Waals surface area contributed by atoms with Crippen LogP contribution in [-0.4, -0.2) is 23.5 Å². The highest BCUT2D eigenvalue weighted by molar-refractivity contribution is 5.96. The minimum Gasteiger partial charge on any atom is -0.478 e. The average molecular weight is 327 g/mol. The van der Waals surface area contributed by atoms with Crippen molar-refractivity contribution in [3.8, 4) is 0 Å². The number of hydrogen-bond donors (Lipinski definition) is 2. The summed E-state index contributed by atoms with van der Waals surface area (Å²) in [5.74, 6) is -0.751. The highest BCUT2D eigenvalue weighted by atomic mass is 16.4. The maximum absolute atomic E-state index is 12.3. The molecule has 126 valence electrons. The van der Waals surface area contributed by atoms with Crippen molar-refractivity contribution < 1.29 is 19.1 Å². The van der Waals surface area contributed by atoms with Gasteiger partial charge in [0.25, 0.3) is 5.91 Å². The molecule has 0 fully saturated rings. The Morgan fingerprint density at radius 2 is 2.12 bits per heavy atom. The topological polar surface area (TPSA) is 79.5 Å². The molecule has 0 saturated heterocycles. The van der Waals surface area contributed by atoms with Crippen molar-refractivity contribution in [1.29, 1.82) is 0 Å². The van der Waals surface area contributed by atoms with Crippen molar-refractivity contribution >= 4 is 11.9 Å². The molecule has 5 heteroatoms. The number of furan rings is 1. The van der Waals surface area contributed by atoms with Gasteiger partial charge in [-0.05, 0) is 30.4 Å². The molecule has 1 amide bonds. The number of aromatic carboxylic acids is 1. The molecule has 1 aliphatic carbocycles. The molecule has 1 aliphatic rings. The number of hydrogen-bond acceptors (Lipinski definition) is 3. The number of benzene rings is 1. The fourth-order valence-electron chi connectivity index (χ4n) is 3.35. The summed E-state index contributed by atoms with van der Waals surface area (Å²) in [7, 11) is 0. The number of rotatable bonds is 5. The van der Waals surface area contributed by atoms with Crippen LogP contribution in [0.3, 0.4) is 0 Å². The summed E-state index contributed by atoms with van der Waals surface area (Å²) < 4.78 is 5.40. The van der Waals surface area contributed by atoms with Gasteiger partial charge in [0, 0.05) is 24.9 Å². The van der Waals surface area contributed by atoms with E-state index < -0.39 is 5.97 Å². The molecule has 0 saturated carbocycles. The zero-order valence-electron chi connectivity index (χ0n) is 13.7. The number of nitrogens with one attached hydrogen (secondary N) is 1. The van der Waals surface area contributed by atoms with Crippen molar-refractivity contribution in [1.82, 2.24) is 5.32 Å². The third-order valence-electron chi connectivity index (χ3n) is 4.59. The monoisotopic (exact) mass is 327 g/mol. The molecule has 1 unspecified atom stereocenters. The Bertz CT molecular complexity index is 762. The fraction of sp³-hybridized carbons (Fsp3) is 0.368. The van der Waals surface area contributed by atoms with Crippen LogP contribution in [0.5, 0.6) is 0 Å². The van der Waals surface area contributed by atoms with Crippen LogP contribution in [0.2, 0.25) is 0 Å². The molecule has 24 heavy (non-hydrogen) atoms. The smallest absolute Gasteiger partial charge is 0.339 e. The molecule has 1 heterocycles. The molecule has 1 aromatic carbocycles. The molecular weight excluding hydrogens is 306 g/mol. The van der Waals surface area contributed by atoms with E-state index in [2.05, 4.69) is 17.4 Å². The van der Waals surface area contributed by atoms with Gasteiger partial charge in [0.2, 0.25) is 0 Å². The van der Waals surface area contributed by atoms with Gasteiger partial charge in [-0.25, -0.2) is 4.79 Å². The van der Waals surface area contributed by atoms with E-state index in [1.165, 1.54) is 17.2 Å². The molecule has 1 aromatic heterocycles. The lowest BCUT2D eigenvalue weighted by atomic mass is 9.83. The van der Waals surface area contributed by atoms with Crippen LogP contribution < -0.4 is 5.32 Å². The zero-order valence-corrected chi connectivity index (χ0v) is 13.7. The summed E-state index contributed by atoms with van der Waals surface area (Å²) in [6.07, 6.45) is 3.67. The quantitative estimate of drug-likeness (QED) is 0.882. The van der Waals surface area contributed by atoms with Gasteiger partial charge >= 0.3 is 5.97 Å². The van der Waals surface area contributed by atoms with Gasteiger partial charge in [0.15, 0.2) is 5.76 Å². The second-order valence-electron chi connectivity index (χ2n) is 6.10. The largest absolute Gasteiger partial charge is 0.478 e. The number of fused-ring (bicyclic) bond motifs is 1. The summed E-state index contributed by atoms with van der Waals surface area (Å²) >= 11 is 0. The van der Waals surface area contributed by atoms with Crippen LogP contribution in [0.25, 0.3) is 0 Å². The van der Waals surface area contributed by atoms with Crippen molar-refractivity contribution in [2.75, 3.05) is 6.54 Å². The molecule has 3 rings (SSSR count). The number of aryl methyl sites for hydroxylation is 2. The first-order valence-electron chi connectivity index (χ1n) is 8.32. The molecular formula is C19H21NO4. The van der Waals surface area contributed by atoms with Gasteiger partial charge in [-0.1, -0.05) is 31.2 Å². The van der Waals surface area contributed by atoms with Gasteiger partial charge in [-0.15, -0.1) is 0 Å². The highest BCUT2D eigenvalue weighted by Gasteiger charge is 2.23. The van der Waals surface area contributed by atoms with E-state index in [0.29, 0.717) is 24.6 Å². The third kappa shape index (κ3) is 3.20. The van der Waals surface area contributed by atoms with E-state index in [9.17, 15) is 9.59 Å². The van der Waals surface area contributed by atoms with E-state index in [-0.39, 0.29) is 17.2 Å². The minimum atomic E-state index is -1.07. The van der Waals surface area contributed by atoms with Gasteiger partial charge in [0.1, 0.15) is 11.3 Å². The van der Waals surface area contributed by atoms with E-state index in [4.69, 9.17) is 9.52 Å². The van der Waals surface area contributed by atoms with Crippen LogP contribution in [-0.2, 0) is 12.8 Å². The second-order valence-corrected chi connectivity index (χ2v) is 6.10. The Kier molecular flexibility index (Phi) is 4.69. The van der Waals surface area contributed by atoms with Crippen molar-refractivity contribution in [3.63, 3.8) is 0 Å². The van der Waals surface area contributed by atoms with Gasteiger partial charge in [0.05, 0.1) is 0 Å². The predicted octanol–water partition coefficient (Wildman–Crippen LogP) is 3.39. The number of carboxylic acids is 1. The SMILES string of the molecule is CCc1oc(C(=O)NCC2CCCc3ccccc32)cc1C(=O)O. The molecule has 0 bridgehead atoms. The molecule has 2 N–H and O–H groups in total. The first kappa shape index (κ1) is 16.3. The van der Waals surface area contributed by atoms with Gasteiger partial charge in [-0.3, -0.25) is 4.79 Å². The lowest BCUT2D eigenvalue weighted by molar-refractivity contribution is 0.0694. The Hall–Kier alpha value is -2.56. The average Bonchev–Trinajstić information content (AvgIpc) is 3.04. The Morgan fingerprint density at radius 1 is 1.33 bits per heavy atom. The minimum absolute atomic E-state index is 0.0608. The zero-order chi connectivity index (χ0) is 17.1. The van der Waals surface area contributed by atoms with Gasteiger partial charge < -0.3 is 14.8 Å². The highest BCUT2D eigenvalue weighted by Crippen LogP contribution is 2.30. The molecule has 0 spiro atoms. The van der Waals surface area contributed by atoms with Crippen molar-refractivity contribution in [2.45, 2.75) is 38.5 Å². The number of carboxylic acid groups (broad SMARTS) is 1. The summed E-state index contributed by atoms with van der Waals surface area (Å²) in [5.41, 5.74) is 2.71. The number of amides is 1.